The first kappa shape index (κ1) is 12.8. The lowest BCUT2D eigenvalue weighted by molar-refractivity contribution is 0.396. The molecule has 2 heterocycles. The Labute approximate surface area is 117 Å². The number of thiophene rings is 1. The van der Waals surface area contributed by atoms with Crippen LogP contribution in [0.15, 0.2) is 27.6 Å². The summed E-state index contributed by atoms with van der Waals surface area (Å²) in [6.45, 7) is 0. The van der Waals surface area contributed by atoms with E-state index >= 15 is 0 Å². The van der Waals surface area contributed by atoms with Gasteiger partial charge in [-0.2, -0.15) is 0 Å². The maximum absolute atomic E-state index is 6.33. The van der Waals surface area contributed by atoms with Crippen molar-refractivity contribution in [3.05, 3.63) is 38.9 Å². The van der Waals surface area contributed by atoms with E-state index in [1.807, 2.05) is 11.4 Å². The summed E-state index contributed by atoms with van der Waals surface area (Å²) in [5.74, 6) is 0.561. The van der Waals surface area contributed by atoms with Gasteiger partial charge in [0.15, 0.2) is 0 Å². The van der Waals surface area contributed by atoms with Crippen LogP contribution in [0.25, 0.3) is 0 Å². The van der Waals surface area contributed by atoms with Gasteiger partial charge < -0.3 is 4.74 Å². The average molecular weight is 334 g/mol. The highest BCUT2D eigenvalue weighted by atomic mass is 79.9. The summed E-state index contributed by atoms with van der Waals surface area (Å²) in [6.07, 6.45) is 2.14. The fraction of sp³-hybridized carbons (Fsp3) is 0.273. The van der Waals surface area contributed by atoms with E-state index in [-0.39, 0.29) is 5.38 Å². The highest BCUT2D eigenvalue weighted by Gasteiger charge is 2.12. The molecule has 90 valence electrons. The molecule has 0 aliphatic heterocycles. The minimum absolute atomic E-state index is 0.0860. The maximum Gasteiger partial charge on any atom is 0.216 e. The van der Waals surface area contributed by atoms with E-state index in [9.17, 15) is 0 Å². The van der Waals surface area contributed by atoms with Gasteiger partial charge in [0.1, 0.15) is 6.33 Å². The van der Waals surface area contributed by atoms with Crippen LogP contribution in [0.3, 0.4) is 0 Å². The van der Waals surface area contributed by atoms with Gasteiger partial charge in [-0.25, -0.2) is 9.97 Å². The van der Waals surface area contributed by atoms with Crippen molar-refractivity contribution in [1.82, 2.24) is 9.97 Å². The number of methoxy groups -OCH3 is 1. The number of hydrogen-bond acceptors (Lipinski definition) is 4. The van der Waals surface area contributed by atoms with Crippen molar-refractivity contribution in [2.45, 2.75) is 11.8 Å². The van der Waals surface area contributed by atoms with Crippen LogP contribution in [-0.4, -0.2) is 17.1 Å². The lowest BCUT2D eigenvalue weighted by Crippen LogP contribution is -1.99. The smallest absolute Gasteiger partial charge is 0.216 e. The minimum Gasteiger partial charge on any atom is -0.481 e. The van der Waals surface area contributed by atoms with Crippen LogP contribution in [0.4, 0.5) is 0 Å². The van der Waals surface area contributed by atoms with Crippen molar-refractivity contribution in [1.29, 1.82) is 0 Å². The van der Waals surface area contributed by atoms with Crippen LogP contribution in [0.2, 0.25) is 0 Å². The molecule has 2 aromatic heterocycles. The number of rotatable bonds is 4. The Morgan fingerprint density at radius 2 is 2.29 bits per heavy atom. The van der Waals surface area contributed by atoms with E-state index in [1.54, 1.807) is 24.5 Å². The molecule has 0 aromatic carbocycles. The van der Waals surface area contributed by atoms with E-state index in [0.29, 0.717) is 12.3 Å². The second-order valence-electron chi connectivity index (χ2n) is 3.41. The van der Waals surface area contributed by atoms with Crippen molar-refractivity contribution in [3.63, 3.8) is 0 Å². The number of nitrogens with zero attached hydrogens (tertiary/aromatic N) is 2. The average Bonchev–Trinajstić information content (AvgIpc) is 2.76. The van der Waals surface area contributed by atoms with Gasteiger partial charge in [-0.05, 0) is 32.9 Å². The Morgan fingerprint density at radius 1 is 1.47 bits per heavy atom. The molecule has 0 radical (unpaired) electrons. The zero-order valence-electron chi connectivity index (χ0n) is 9.06. The second kappa shape index (κ2) is 5.80. The zero-order valence-corrected chi connectivity index (χ0v) is 12.2. The van der Waals surface area contributed by atoms with Gasteiger partial charge in [-0.1, -0.05) is 0 Å². The molecular weight excluding hydrogens is 324 g/mol. The normalized spacial score (nSPS) is 12.4. The fourth-order valence-corrected chi connectivity index (χ4v) is 2.98. The van der Waals surface area contributed by atoms with Crippen LogP contribution in [0.1, 0.15) is 16.6 Å². The van der Waals surface area contributed by atoms with Gasteiger partial charge in [0.2, 0.25) is 5.88 Å². The molecule has 6 heteroatoms. The molecule has 0 amide bonds. The number of hydrogen-bond donors (Lipinski definition) is 0. The summed E-state index contributed by atoms with van der Waals surface area (Å²) in [4.78, 5) is 8.14. The molecule has 0 bridgehead atoms. The van der Waals surface area contributed by atoms with Crippen LogP contribution in [-0.2, 0) is 6.42 Å². The molecule has 3 nitrogen and oxygen atoms in total. The van der Waals surface area contributed by atoms with Crippen LogP contribution in [0, 0.1) is 0 Å². The quantitative estimate of drug-likeness (QED) is 0.798. The van der Waals surface area contributed by atoms with Crippen molar-refractivity contribution in [2.24, 2.45) is 0 Å². The van der Waals surface area contributed by atoms with Gasteiger partial charge in [-0.3, -0.25) is 0 Å². The highest BCUT2D eigenvalue weighted by Crippen LogP contribution is 2.31. The van der Waals surface area contributed by atoms with Crippen molar-refractivity contribution < 1.29 is 4.74 Å². The van der Waals surface area contributed by atoms with Crippen LogP contribution < -0.4 is 4.74 Å². The minimum atomic E-state index is -0.0860. The summed E-state index contributed by atoms with van der Waals surface area (Å²) in [5, 5.41) is 1.96. The zero-order chi connectivity index (χ0) is 12.3. The van der Waals surface area contributed by atoms with Crippen molar-refractivity contribution in [3.8, 4) is 5.88 Å². The molecule has 2 rings (SSSR count). The van der Waals surface area contributed by atoms with Crippen LogP contribution >= 0.6 is 38.9 Å². The monoisotopic (exact) mass is 332 g/mol. The third kappa shape index (κ3) is 3.40. The third-order valence-corrected chi connectivity index (χ3v) is 4.17. The number of ether oxygens (including phenoxy) is 1. The highest BCUT2D eigenvalue weighted by molar-refractivity contribution is 9.11. The summed E-state index contributed by atoms with van der Waals surface area (Å²) >= 11 is 11.4. The molecule has 0 aliphatic rings. The molecule has 0 saturated carbocycles. The predicted octanol–water partition coefficient (Wildman–Crippen LogP) is 3.83. The van der Waals surface area contributed by atoms with Crippen molar-refractivity contribution >= 4 is 38.9 Å². The molecule has 0 N–H and O–H groups in total. The van der Waals surface area contributed by atoms with Crippen molar-refractivity contribution in [2.75, 3.05) is 7.11 Å². The second-order valence-corrected chi connectivity index (χ2v) is 6.22. The van der Waals surface area contributed by atoms with E-state index in [1.165, 1.54) is 6.33 Å². The summed E-state index contributed by atoms with van der Waals surface area (Å²) in [7, 11) is 1.58. The SMILES string of the molecule is COc1cc(CC(Cl)c2csc(Br)c2)ncn1. The Balaban J connectivity index is 2.09. The fourth-order valence-electron chi connectivity index (χ4n) is 1.39. The first-order chi connectivity index (χ1) is 8.19. The topological polar surface area (TPSA) is 35.0 Å². The van der Waals surface area contributed by atoms with Gasteiger partial charge in [0.05, 0.1) is 16.3 Å². The molecule has 0 spiro atoms. The van der Waals surface area contributed by atoms with Gasteiger partial charge >= 0.3 is 0 Å². The number of halogens is 2. The molecule has 1 unspecified atom stereocenters. The molecule has 1 atom stereocenters. The Kier molecular flexibility index (Phi) is 4.36. The first-order valence-electron chi connectivity index (χ1n) is 4.92. The summed E-state index contributed by atoms with van der Waals surface area (Å²) < 4.78 is 6.13. The van der Waals surface area contributed by atoms with E-state index in [4.69, 9.17) is 16.3 Å². The van der Waals surface area contributed by atoms with E-state index < -0.39 is 0 Å². The number of aromatic nitrogens is 2. The van der Waals surface area contributed by atoms with E-state index in [2.05, 4.69) is 25.9 Å². The number of alkyl halides is 1. The molecule has 0 fully saturated rings. The predicted molar refractivity (Wildman–Crippen MR) is 72.9 cm³/mol. The molecule has 17 heavy (non-hydrogen) atoms. The molecular formula is C11H10BrClN2OS. The summed E-state index contributed by atoms with van der Waals surface area (Å²) in [6, 6.07) is 3.83. The Hall–Kier alpha value is -0.650. The maximum atomic E-state index is 6.33. The molecule has 0 saturated heterocycles. The van der Waals surface area contributed by atoms with Gasteiger partial charge in [0, 0.05) is 18.2 Å². The lowest BCUT2D eigenvalue weighted by Gasteiger charge is -2.07. The standard InChI is InChI=1S/C11H10BrClN2OS/c1-16-11-4-8(14-6-15-11)3-9(13)7-2-10(12)17-5-7/h2,4-6,9H,3H2,1H3. The van der Waals surface area contributed by atoms with Gasteiger partial charge in [-0.15, -0.1) is 22.9 Å². The van der Waals surface area contributed by atoms with Gasteiger partial charge in [0.25, 0.3) is 0 Å². The third-order valence-electron chi connectivity index (χ3n) is 2.25. The largest absolute Gasteiger partial charge is 0.481 e. The van der Waals surface area contributed by atoms with E-state index in [0.717, 1.165) is 15.0 Å². The Bertz CT molecular complexity index is 506. The Morgan fingerprint density at radius 3 is 2.94 bits per heavy atom. The molecule has 0 aliphatic carbocycles. The lowest BCUT2D eigenvalue weighted by atomic mass is 10.1. The van der Waals surface area contributed by atoms with Crippen LogP contribution in [0.5, 0.6) is 5.88 Å². The molecule has 2 aromatic rings. The first-order valence-corrected chi connectivity index (χ1v) is 7.03. The summed E-state index contributed by atoms with van der Waals surface area (Å²) in [5.41, 5.74) is 1.97.